The van der Waals surface area contributed by atoms with Gasteiger partial charge in [0.2, 0.25) is 11.8 Å². The number of aryl methyl sites for hydroxylation is 1. The molecule has 0 atom stereocenters. The third kappa shape index (κ3) is 4.06. The molecule has 2 rings (SSSR count). The van der Waals surface area contributed by atoms with Crippen molar-refractivity contribution in [1.29, 1.82) is 0 Å². The van der Waals surface area contributed by atoms with E-state index in [0.717, 1.165) is 30.8 Å². The molecule has 1 aromatic carbocycles. The highest BCUT2D eigenvalue weighted by atomic mass is 16.2. The predicted molar refractivity (Wildman–Crippen MR) is 85.5 cm³/mol. The summed E-state index contributed by atoms with van der Waals surface area (Å²) in [5.41, 5.74) is 2.83. The van der Waals surface area contributed by atoms with Crippen LogP contribution in [0.5, 0.6) is 0 Å². The van der Waals surface area contributed by atoms with E-state index >= 15 is 0 Å². The summed E-state index contributed by atoms with van der Waals surface area (Å²) in [6, 6.07) is 5.84. The van der Waals surface area contributed by atoms with Gasteiger partial charge in [-0.25, -0.2) is 0 Å². The van der Waals surface area contributed by atoms with Crippen molar-refractivity contribution in [3.05, 3.63) is 23.8 Å². The van der Waals surface area contributed by atoms with Crippen molar-refractivity contribution in [2.24, 2.45) is 5.41 Å². The first-order valence-corrected chi connectivity index (χ1v) is 7.47. The molecular weight excluding hydrogens is 264 g/mol. The lowest BCUT2D eigenvalue weighted by atomic mass is 9.92. The summed E-state index contributed by atoms with van der Waals surface area (Å²) in [5, 5.41) is 2.93. The van der Waals surface area contributed by atoms with Crippen LogP contribution in [0.1, 0.15) is 46.1 Å². The van der Waals surface area contributed by atoms with Gasteiger partial charge in [-0.2, -0.15) is 0 Å². The van der Waals surface area contributed by atoms with Crippen molar-refractivity contribution in [2.75, 3.05) is 16.8 Å². The molecule has 1 N–H and O–H groups in total. The van der Waals surface area contributed by atoms with E-state index in [1.807, 2.05) is 39.0 Å². The lowest BCUT2D eigenvalue weighted by Gasteiger charge is -2.29. The summed E-state index contributed by atoms with van der Waals surface area (Å²) in [5.74, 6) is 0.0572. The molecule has 0 bridgehead atoms. The number of hydrogen-bond donors (Lipinski definition) is 1. The second-order valence-corrected chi connectivity index (χ2v) is 6.90. The molecule has 0 saturated heterocycles. The van der Waals surface area contributed by atoms with Gasteiger partial charge in [0.15, 0.2) is 0 Å². The van der Waals surface area contributed by atoms with Gasteiger partial charge in [0, 0.05) is 31.3 Å². The van der Waals surface area contributed by atoms with Crippen molar-refractivity contribution in [2.45, 2.75) is 47.0 Å². The van der Waals surface area contributed by atoms with Crippen molar-refractivity contribution >= 4 is 23.2 Å². The van der Waals surface area contributed by atoms with E-state index < -0.39 is 0 Å². The summed E-state index contributed by atoms with van der Waals surface area (Å²) in [6.45, 7) is 8.45. The Morgan fingerprint density at radius 2 is 2.00 bits per heavy atom. The molecule has 1 heterocycles. The van der Waals surface area contributed by atoms with Crippen LogP contribution in [0.4, 0.5) is 11.4 Å². The number of nitrogens with zero attached hydrogens (tertiary/aromatic N) is 1. The minimum atomic E-state index is -0.0380. The minimum absolute atomic E-state index is 0.00707. The molecule has 0 aliphatic carbocycles. The largest absolute Gasteiger partial charge is 0.326 e. The van der Waals surface area contributed by atoms with Gasteiger partial charge < -0.3 is 10.2 Å². The fourth-order valence-corrected chi connectivity index (χ4v) is 2.67. The van der Waals surface area contributed by atoms with Crippen molar-refractivity contribution in [3.8, 4) is 0 Å². The van der Waals surface area contributed by atoms with E-state index in [1.54, 1.807) is 11.8 Å². The number of anilines is 2. The third-order valence-corrected chi connectivity index (χ3v) is 3.56. The first-order chi connectivity index (χ1) is 9.76. The van der Waals surface area contributed by atoms with E-state index in [4.69, 9.17) is 0 Å². The Bertz CT molecular complexity index is 558. The molecule has 0 fully saturated rings. The highest BCUT2D eigenvalue weighted by Crippen LogP contribution is 2.30. The molecule has 1 aromatic rings. The van der Waals surface area contributed by atoms with Gasteiger partial charge in [0.05, 0.1) is 0 Å². The molecule has 0 saturated carbocycles. The molecule has 2 amide bonds. The zero-order valence-corrected chi connectivity index (χ0v) is 13.3. The van der Waals surface area contributed by atoms with Crippen molar-refractivity contribution in [3.63, 3.8) is 0 Å². The highest BCUT2D eigenvalue weighted by Gasteiger charge is 2.21. The van der Waals surface area contributed by atoms with Gasteiger partial charge in [0.1, 0.15) is 0 Å². The van der Waals surface area contributed by atoms with E-state index in [1.165, 1.54) is 5.56 Å². The Morgan fingerprint density at radius 1 is 1.29 bits per heavy atom. The number of carbonyl (C=O) groups excluding carboxylic acids is 2. The Hall–Kier alpha value is -1.84. The number of rotatable bonds is 2. The SMILES string of the molecule is CC(=O)N1CCCc2ccc(NC(=O)CC(C)(C)C)cc21. The molecule has 1 aliphatic heterocycles. The number of carbonyl (C=O) groups is 2. The Balaban J connectivity index is 2.18. The molecule has 0 aromatic heterocycles. The molecule has 4 heteroatoms. The van der Waals surface area contributed by atoms with Crippen LogP contribution in [-0.4, -0.2) is 18.4 Å². The zero-order valence-electron chi connectivity index (χ0n) is 13.3. The van der Waals surface area contributed by atoms with Crippen LogP contribution in [0.3, 0.4) is 0 Å². The van der Waals surface area contributed by atoms with E-state index in [9.17, 15) is 9.59 Å². The normalized spacial score (nSPS) is 14.6. The fraction of sp³-hybridized carbons (Fsp3) is 0.529. The molecule has 0 unspecified atom stereocenters. The minimum Gasteiger partial charge on any atom is -0.326 e. The molecular formula is C17H24N2O2. The summed E-state index contributed by atoms with van der Waals surface area (Å²) >= 11 is 0. The number of fused-ring (bicyclic) bond motifs is 1. The quantitative estimate of drug-likeness (QED) is 0.907. The standard InChI is InChI=1S/C17H24N2O2/c1-12(20)19-9-5-6-13-7-8-14(10-15(13)19)18-16(21)11-17(2,3)4/h7-8,10H,5-6,9,11H2,1-4H3,(H,18,21). The van der Waals surface area contributed by atoms with Crippen LogP contribution in [0, 0.1) is 5.41 Å². The lowest BCUT2D eigenvalue weighted by Crippen LogP contribution is -2.33. The Morgan fingerprint density at radius 3 is 2.62 bits per heavy atom. The Kier molecular flexibility index (Phi) is 4.35. The molecule has 0 spiro atoms. The fourth-order valence-electron chi connectivity index (χ4n) is 2.67. The molecule has 0 radical (unpaired) electrons. The van der Waals surface area contributed by atoms with Gasteiger partial charge in [-0.1, -0.05) is 26.8 Å². The van der Waals surface area contributed by atoms with Gasteiger partial charge >= 0.3 is 0 Å². The van der Waals surface area contributed by atoms with E-state index in [2.05, 4.69) is 5.32 Å². The lowest BCUT2D eigenvalue weighted by molar-refractivity contribution is -0.118. The molecule has 4 nitrogen and oxygen atoms in total. The van der Waals surface area contributed by atoms with E-state index in [-0.39, 0.29) is 17.2 Å². The van der Waals surface area contributed by atoms with Crippen LogP contribution < -0.4 is 10.2 Å². The third-order valence-electron chi connectivity index (χ3n) is 3.56. The topological polar surface area (TPSA) is 49.4 Å². The average molecular weight is 288 g/mol. The Labute approximate surface area is 126 Å². The summed E-state index contributed by atoms with van der Waals surface area (Å²) in [7, 11) is 0. The maximum Gasteiger partial charge on any atom is 0.224 e. The molecule has 21 heavy (non-hydrogen) atoms. The zero-order chi connectivity index (χ0) is 15.6. The maximum absolute atomic E-state index is 12.0. The van der Waals surface area contributed by atoms with Crippen LogP contribution in [0.2, 0.25) is 0 Å². The molecule has 1 aliphatic rings. The molecule has 114 valence electrons. The van der Waals surface area contributed by atoms with Crippen molar-refractivity contribution in [1.82, 2.24) is 0 Å². The second-order valence-electron chi connectivity index (χ2n) is 6.90. The summed E-state index contributed by atoms with van der Waals surface area (Å²) < 4.78 is 0. The van der Waals surface area contributed by atoms with Gasteiger partial charge in [0.25, 0.3) is 0 Å². The van der Waals surface area contributed by atoms with Gasteiger partial charge in [-0.15, -0.1) is 0 Å². The first kappa shape index (κ1) is 15.5. The second kappa shape index (κ2) is 5.88. The number of hydrogen-bond acceptors (Lipinski definition) is 2. The van der Waals surface area contributed by atoms with Gasteiger partial charge in [-0.05, 0) is 36.0 Å². The van der Waals surface area contributed by atoms with Crippen LogP contribution in [0.15, 0.2) is 18.2 Å². The van der Waals surface area contributed by atoms with Crippen LogP contribution >= 0.6 is 0 Å². The monoisotopic (exact) mass is 288 g/mol. The smallest absolute Gasteiger partial charge is 0.224 e. The maximum atomic E-state index is 12.0. The first-order valence-electron chi connectivity index (χ1n) is 7.47. The number of nitrogens with one attached hydrogen (secondary N) is 1. The van der Waals surface area contributed by atoms with Crippen molar-refractivity contribution < 1.29 is 9.59 Å². The van der Waals surface area contributed by atoms with Crippen LogP contribution in [-0.2, 0) is 16.0 Å². The number of benzene rings is 1. The highest BCUT2D eigenvalue weighted by molar-refractivity contribution is 5.95. The summed E-state index contributed by atoms with van der Waals surface area (Å²) in [4.78, 5) is 25.5. The van der Waals surface area contributed by atoms with Gasteiger partial charge in [-0.3, -0.25) is 9.59 Å². The number of amides is 2. The van der Waals surface area contributed by atoms with Crippen LogP contribution in [0.25, 0.3) is 0 Å². The average Bonchev–Trinajstić information content (AvgIpc) is 2.35. The summed E-state index contributed by atoms with van der Waals surface area (Å²) in [6.07, 6.45) is 2.44. The van der Waals surface area contributed by atoms with E-state index in [0.29, 0.717) is 6.42 Å². The predicted octanol–water partition coefficient (Wildman–Crippen LogP) is 3.36.